The molecule has 0 N–H and O–H groups in total. The van der Waals surface area contributed by atoms with Gasteiger partial charge in [0.2, 0.25) is 0 Å². The average molecular weight is 536 g/mol. The van der Waals surface area contributed by atoms with E-state index in [-0.39, 0.29) is 0 Å². The van der Waals surface area contributed by atoms with E-state index in [1.54, 1.807) is 0 Å². The summed E-state index contributed by atoms with van der Waals surface area (Å²) in [5.41, 5.74) is 10.4. The minimum absolute atomic E-state index is 1.10. The summed E-state index contributed by atoms with van der Waals surface area (Å²) in [6, 6.07) is 45.2. The van der Waals surface area contributed by atoms with E-state index < -0.39 is 0 Å². The molecule has 1 heterocycles. The van der Waals surface area contributed by atoms with Crippen LogP contribution >= 0.6 is 0 Å². The summed E-state index contributed by atoms with van der Waals surface area (Å²) in [4.78, 5) is 0. The van der Waals surface area contributed by atoms with Gasteiger partial charge in [-0.2, -0.15) is 0 Å². The fourth-order valence-corrected chi connectivity index (χ4v) is 7.25. The SMILES string of the molecule is Cc1cc2c(cc1-c1ccc3ccccc3c1)c1c3c(ccc1n2-c1ccc2ccc4ccccc4c2c1)CCC=C3. The molecule has 1 nitrogen and oxygen atoms in total. The van der Waals surface area contributed by atoms with E-state index in [1.807, 2.05) is 0 Å². The van der Waals surface area contributed by atoms with Crippen LogP contribution in [0, 0.1) is 6.92 Å². The number of benzene rings is 7. The number of nitrogens with zero attached hydrogens (tertiary/aromatic N) is 1. The van der Waals surface area contributed by atoms with Gasteiger partial charge in [0.05, 0.1) is 11.0 Å². The number of aromatic nitrogens is 1. The van der Waals surface area contributed by atoms with Crippen molar-refractivity contribution in [2.24, 2.45) is 0 Å². The Morgan fingerprint density at radius 2 is 1.33 bits per heavy atom. The molecule has 198 valence electrons. The minimum atomic E-state index is 1.10. The van der Waals surface area contributed by atoms with Gasteiger partial charge >= 0.3 is 0 Å². The predicted octanol–water partition coefficient (Wildman–Crippen LogP) is 11.2. The maximum absolute atomic E-state index is 2.49. The minimum Gasteiger partial charge on any atom is -0.309 e. The van der Waals surface area contributed by atoms with Gasteiger partial charge in [-0.1, -0.05) is 97.1 Å². The van der Waals surface area contributed by atoms with Crippen LogP contribution in [-0.4, -0.2) is 4.57 Å². The molecule has 1 aliphatic carbocycles. The van der Waals surface area contributed by atoms with E-state index in [0.717, 1.165) is 12.8 Å². The first-order valence-electron chi connectivity index (χ1n) is 14.9. The molecule has 9 rings (SSSR count). The highest BCUT2D eigenvalue weighted by atomic mass is 15.0. The van der Waals surface area contributed by atoms with Crippen LogP contribution in [0.25, 0.3) is 77.0 Å². The van der Waals surface area contributed by atoms with Crippen molar-refractivity contribution in [1.82, 2.24) is 4.57 Å². The Bertz CT molecular complexity index is 2420. The molecule has 0 spiro atoms. The maximum Gasteiger partial charge on any atom is 0.0547 e. The molecule has 0 unspecified atom stereocenters. The molecule has 0 amide bonds. The quantitative estimate of drug-likeness (QED) is 0.194. The molecule has 0 aliphatic heterocycles. The normalized spacial score (nSPS) is 13.1. The smallest absolute Gasteiger partial charge is 0.0547 e. The van der Waals surface area contributed by atoms with E-state index in [9.17, 15) is 0 Å². The van der Waals surface area contributed by atoms with Crippen molar-refractivity contribution < 1.29 is 0 Å². The van der Waals surface area contributed by atoms with E-state index in [2.05, 4.69) is 145 Å². The van der Waals surface area contributed by atoms with Gasteiger partial charge in [-0.05, 0) is 116 Å². The van der Waals surface area contributed by atoms with Crippen LogP contribution in [0.2, 0.25) is 0 Å². The third-order valence-corrected chi connectivity index (χ3v) is 9.32. The van der Waals surface area contributed by atoms with Crippen molar-refractivity contribution in [3.8, 4) is 16.8 Å². The zero-order valence-electron chi connectivity index (χ0n) is 23.6. The second-order valence-corrected chi connectivity index (χ2v) is 11.7. The number of allylic oxidation sites excluding steroid dienone is 1. The lowest BCUT2D eigenvalue weighted by Gasteiger charge is -2.14. The standard InChI is InChI=1S/C41H29N/c1-26-22-40-38(25-36(26)32-17-14-27-8-2-3-11-31(27)23-32)41-35-13-7-5-10-29(35)19-21-39(41)42(40)33-20-18-30-16-15-28-9-4-6-12-34(28)37(30)24-33/h2-4,6-9,11-25H,5,10H2,1H3. The van der Waals surface area contributed by atoms with Gasteiger partial charge in [-0.3, -0.25) is 0 Å². The van der Waals surface area contributed by atoms with Crippen LogP contribution in [0.5, 0.6) is 0 Å². The third-order valence-electron chi connectivity index (χ3n) is 9.32. The summed E-state index contributed by atoms with van der Waals surface area (Å²) in [7, 11) is 0. The largest absolute Gasteiger partial charge is 0.309 e. The van der Waals surface area contributed by atoms with Crippen LogP contribution in [0.3, 0.4) is 0 Å². The van der Waals surface area contributed by atoms with Gasteiger partial charge in [0.25, 0.3) is 0 Å². The van der Waals surface area contributed by atoms with Crippen LogP contribution in [0.4, 0.5) is 0 Å². The first kappa shape index (κ1) is 23.6. The fourth-order valence-electron chi connectivity index (χ4n) is 7.25. The lowest BCUT2D eigenvalue weighted by Crippen LogP contribution is -1.97. The Labute approximate surface area is 245 Å². The molecule has 7 aromatic carbocycles. The van der Waals surface area contributed by atoms with Crippen LogP contribution < -0.4 is 0 Å². The molecule has 1 heteroatoms. The summed E-state index contributed by atoms with van der Waals surface area (Å²) < 4.78 is 2.49. The number of hydrogen-bond acceptors (Lipinski definition) is 0. The molecular formula is C41H29N. The maximum atomic E-state index is 2.49. The molecule has 1 aliphatic rings. The molecule has 0 atom stereocenters. The lowest BCUT2D eigenvalue weighted by molar-refractivity contribution is 0.989. The number of aryl methyl sites for hydroxylation is 2. The Morgan fingerprint density at radius 1 is 0.571 bits per heavy atom. The predicted molar refractivity (Wildman–Crippen MR) is 181 cm³/mol. The van der Waals surface area contributed by atoms with Gasteiger partial charge in [0.1, 0.15) is 0 Å². The molecule has 8 aromatic rings. The van der Waals surface area contributed by atoms with Crippen LogP contribution in [-0.2, 0) is 6.42 Å². The Hall–Kier alpha value is -5.14. The van der Waals surface area contributed by atoms with Gasteiger partial charge in [-0.25, -0.2) is 0 Å². The van der Waals surface area contributed by atoms with Crippen molar-refractivity contribution in [2.45, 2.75) is 19.8 Å². The van der Waals surface area contributed by atoms with Gasteiger partial charge in [0.15, 0.2) is 0 Å². The van der Waals surface area contributed by atoms with Crippen molar-refractivity contribution in [1.29, 1.82) is 0 Å². The number of fused-ring (bicyclic) bond motifs is 9. The van der Waals surface area contributed by atoms with Gasteiger partial charge in [-0.15, -0.1) is 0 Å². The van der Waals surface area contributed by atoms with Crippen molar-refractivity contribution in [3.05, 3.63) is 144 Å². The number of hydrogen-bond donors (Lipinski definition) is 0. The molecule has 0 bridgehead atoms. The van der Waals surface area contributed by atoms with E-state index >= 15 is 0 Å². The summed E-state index contributed by atoms with van der Waals surface area (Å²) in [6.45, 7) is 2.26. The zero-order chi connectivity index (χ0) is 27.8. The zero-order valence-corrected chi connectivity index (χ0v) is 23.6. The molecule has 1 aromatic heterocycles. The molecule has 0 saturated heterocycles. The monoisotopic (exact) mass is 535 g/mol. The summed E-state index contributed by atoms with van der Waals surface area (Å²) >= 11 is 0. The van der Waals surface area contributed by atoms with Crippen LogP contribution in [0.1, 0.15) is 23.1 Å². The molecule has 42 heavy (non-hydrogen) atoms. The Kier molecular flexibility index (Phi) is 5.01. The second-order valence-electron chi connectivity index (χ2n) is 11.7. The van der Waals surface area contributed by atoms with E-state index in [0.29, 0.717) is 0 Å². The molecular weight excluding hydrogens is 506 g/mol. The Morgan fingerprint density at radius 3 is 2.24 bits per heavy atom. The topological polar surface area (TPSA) is 4.93 Å². The second kappa shape index (κ2) is 8.93. The summed E-state index contributed by atoms with van der Waals surface area (Å²) in [5.74, 6) is 0. The van der Waals surface area contributed by atoms with Crippen molar-refractivity contribution in [3.63, 3.8) is 0 Å². The van der Waals surface area contributed by atoms with Crippen LogP contribution in [0.15, 0.2) is 127 Å². The first-order chi connectivity index (χ1) is 20.7. The third kappa shape index (κ3) is 3.44. The van der Waals surface area contributed by atoms with Gasteiger partial charge < -0.3 is 4.57 Å². The fraction of sp³-hybridized carbons (Fsp3) is 0.0732. The molecule has 0 fully saturated rings. The molecule has 0 radical (unpaired) electrons. The lowest BCUT2D eigenvalue weighted by atomic mass is 9.91. The highest BCUT2D eigenvalue weighted by Gasteiger charge is 2.20. The average Bonchev–Trinajstić information content (AvgIpc) is 3.37. The van der Waals surface area contributed by atoms with Crippen molar-refractivity contribution in [2.75, 3.05) is 0 Å². The van der Waals surface area contributed by atoms with E-state index in [1.165, 1.54) is 87.6 Å². The highest BCUT2D eigenvalue weighted by molar-refractivity contribution is 6.15. The number of rotatable bonds is 2. The summed E-state index contributed by atoms with van der Waals surface area (Å²) in [6.07, 6.45) is 6.90. The first-order valence-corrected chi connectivity index (χ1v) is 14.9. The molecule has 0 saturated carbocycles. The van der Waals surface area contributed by atoms with Gasteiger partial charge in [0, 0.05) is 16.5 Å². The summed E-state index contributed by atoms with van der Waals surface area (Å²) in [5, 5.41) is 10.4. The van der Waals surface area contributed by atoms with Crippen molar-refractivity contribution >= 4 is 60.2 Å². The highest BCUT2D eigenvalue weighted by Crippen LogP contribution is 2.41. The van der Waals surface area contributed by atoms with E-state index in [4.69, 9.17) is 0 Å². The Balaban J connectivity index is 1.37.